The monoisotopic (exact) mass is 575 g/mol. The number of anilines is 1. The summed E-state index contributed by atoms with van der Waals surface area (Å²) >= 11 is 0. The highest BCUT2D eigenvalue weighted by Gasteiger charge is 2.56. The van der Waals surface area contributed by atoms with E-state index in [2.05, 4.69) is 4.98 Å². The third-order valence-electron chi connectivity index (χ3n) is 6.10. The summed E-state index contributed by atoms with van der Waals surface area (Å²) in [7, 11) is -4.94. The first-order valence-electron chi connectivity index (χ1n) is 11.1. The summed E-state index contributed by atoms with van der Waals surface area (Å²) < 4.78 is 48.0. The minimum atomic E-state index is -4.94. The van der Waals surface area contributed by atoms with Crippen molar-refractivity contribution in [2.75, 3.05) is 18.9 Å². The number of nitrogen functional groups attached to an aromatic ring is 1. The average molecular weight is 575 g/mol. The number of hydrogen-bond donors (Lipinski definition) is 6. The second-order valence-electron chi connectivity index (χ2n) is 8.61. The van der Waals surface area contributed by atoms with Crippen LogP contribution in [0.25, 0.3) is 0 Å². The molecule has 0 saturated carbocycles. The summed E-state index contributed by atoms with van der Waals surface area (Å²) in [5.74, 6) is 0.533. The van der Waals surface area contributed by atoms with Crippen molar-refractivity contribution in [3.8, 4) is 12.3 Å². The Bertz CT molecular complexity index is 1510. The van der Waals surface area contributed by atoms with Crippen molar-refractivity contribution >= 4 is 13.6 Å². The topological polar surface area (TPSA) is 251 Å². The van der Waals surface area contributed by atoms with Gasteiger partial charge in [-0.2, -0.15) is 9.37 Å². The van der Waals surface area contributed by atoms with Gasteiger partial charge in [-0.25, -0.2) is 14.2 Å². The maximum absolute atomic E-state index is 13.6. The van der Waals surface area contributed by atoms with Gasteiger partial charge in [-0.3, -0.25) is 28.0 Å². The summed E-state index contributed by atoms with van der Waals surface area (Å²) in [5, 5.41) is 31.5. The van der Waals surface area contributed by atoms with Gasteiger partial charge in [0.05, 0.1) is 25.5 Å². The molecule has 39 heavy (non-hydrogen) atoms. The number of phosphoric acid groups is 1. The molecular weight excluding hydrogens is 552 g/mol. The lowest BCUT2D eigenvalue weighted by Gasteiger charge is -2.25. The maximum atomic E-state index is 13.6. The summed E-state index contributed by atoms with van der Waals surface area (Å²) in [6.45, 7) is -1.64. The van der Waals surface area contributed by atoms with Crippen LogP contribution in [0, 0.1) is 18.2 Å². The number of ether oxygens (including phenoxy) is 2. The van der Waals surface area contributed by atoms with Gasteiger partial charge in [-0.15, -0.1) is 6.42 Å². The van der Waals surface area contributed by atoms with E-state index in [0.29, 0.717) is 10.8 Å². The molecule has 0 bridgehead atoms. The van der Waals surface area contributed by atoms with Gasteiger partial charge >= 0.3 is 19.2 Å². The van der Waals surface area contributed by atoms with Crippen molar-refractivity contribution < 1.29 is 47.7 Å². The number of aromatic nitrogens is 4. The van der Waals surface area contributed by atoms with E-state index >= 15 is 0 Å². The Morgan fingerprint density at radius 3 is 2.64 bits per heavy atom. The largest absolute Gasteiger partial charge is 0.472 e. The van der Waals surface area contributed by atoms with Gasteiger partial charge in [-0.05, 0) is 6.07 Å². The number of phosphoric ester groups is 1. The molecule has 4 unspecified atom stereocenters. The summed E-state index contributed by atoms with van der Waals surface area (Å²) in [5.41, 5.74) is -0.224. The minimum Gasteiger partial charge on any atom is -0.390 e. The molecule has 4 rings (SSSR count). The SMILES string of the molecule is C#CC1(O)C(O)[C@@H](n2ccc(N)nc2=O)O[C@H]1COP(=O)(O)OC[C@H]1O[C@@H](n2cc(F)c(=O)[nH]c2=O)CC1O. The fraction of sp³-hybridized carbons (Fsp3) is 0.500. The van der Waals surface area contributed by atoms with Gasteiger partial charge in [0.1, 0.15) is 30.4 Å². The van der Waals surface area contributed by atoms with Crippen molar-refractivity contribution in [1.82, 2.24) is 19.1 Å². The van der Waals surface area contributed by atoms with Gasteiger partial charge < -0.3 is 35.4 Å². The van der Waals surface area contributed by atoms with Crippen LogP contribution in [0.5, 0.6) is 0 Å². The average Bonchev–Trinajstić information content (AvgIpc) is 3.36. The van der Waals surface area contributed by atoms with E-state index in [4.69, 9.17) is 30.7 Å². The molecule has 0 spiro atoms. The van der Waals surface area contributed by atoms with Crippen LogP contribution >= 0.6 is 7.82 Å². The number of hydrogen-bond acceptors (Lipinski definition) is 13. The van der Waals surface area contributed by atoms with E-state index in [9.17, 15) is 43.6 Å². The van der Waals surface area contributed by atoms with Gasteiger partial charge in [0.25, 0.3) is 5.56 Å². The number of nitrogens with one attached hydrogen (secondary N) is 1. The van der Waals surface area contributed by atoms with Crippen molar-refractivity contribution in [2.24, 2.45) is 0 Å². The molecule has 0 radical (unpaired) electrons. The molecule has 4 heterocycles. The standard InChI is InChI=1S/C20H23FN5O12P/c1-2-20(32)12(38-17(15(20)28)25-4-3-13(22)23-18(25)30)8-36-39(33,34)35-7-11-10(27)5-14(37-11)26-6-9(21)16(29)24-19(26)31/h1,3-4,6,10-12,14-15,17,27-28,32H,5,7-8H2,(H,33,34)(H2,22,23,30)(H,24,29,31)/t10?,11-,12+,14-,15?,17+,20?/m1/s1. The van der Waals surface area contributed by atoms with Crippen molar-refractivity contribution in [3.63, 3.8) is 0 Å². The molecule has 0 aromatic carbocycles. The van der Waals surface area contributed by atoms with E-state index < -0.39 is 86.3 Å². The summed E-state index contributed by atoms with van der Waals surface area (Å²) in [6, 6.07) is 1.22. The quantitative estimate of drug-likeness (QED) is 0.135. The highest BCUT2D eigenvalue weighted by Crippen LogP contribution is 2.46. The Kier molecular flexibility index (Phi) is 7.91. The Hall–Kier alpha value is -3.24. The fourth-order valence-electron chi connectivity index (χ4n) is 4.01. The second-order valence-corrected chi connectivity index (χ2v) is 10.1. The van der Waals surface area contributed by atoms with Crippen LogP contribution in [0.4, 0.5) is 10.2 Å². The summed E-state index contributed by atoms with van der Waals surface area (Å²) in [6.07, 6.45) is -2.09. The maximum Gasteiger partial charge on any atom is 0.472 e. The number of H-pyrrole nitrogens is 1. The number of aliphatic hydroxyl groups excluding tert-OH is 2. The van der Waals surface area contributed by atoms with Crippen LogP contribution in [-0.2, 0) is 23.1 Å². The highest BCUT2D eigenvalue weighted by atomic mass is 31.2. The van der Waals surface area contributed by atoms with Crippen molar-refractivity contribution in [1.29, 1.82) is 0 Å². The smallest absolute Gasteiger partial charge is 0.390 e. The lowest BCUT2D eigenvalue weighted by Crippen LogP contribution is -2.48. The van der Waals surface area contributed by atoms with Crippen LogP contribution in [0.1, 0.15) is 18.9 Å². The van der Waals surface area contributed by atoms with E-state index in [1.54, 1.807) is 4.98 Å². The molecule has 212 valence electrons. The number of aliphatic hydroxyl groups is 3. The first-order valence-corrected chi connectivity index (χ1v) is 12.6. The molecule has 0 aliphatic carbocycles. The number of nitrogens with two attached hydrogens (primary N) is 1. The third kappa shape index (κ3) is 5.72. The third-order valence-corrected chi connectivity index (χ3v) is 7.05. The van der Waals surface area contributed by atoms with Crippen LogP contribution < -0.4 is 22.7 Å². The van der Waals surface area contributed by atoms with Crippen molar-refractivity contribution in [3.05, 3.63) is 55.6 Å². The molecule has 2 saturated heterocycles. The van der Waals surface area contributed by atoms with E-state index in [-0.39, 0.29) is 12.2 Å². The second kappa shape index (κ2) is 10.7. The first-order chi connectivity index (χ1) is 18.3. The molecule has 8 atom stereocenters. The van der Waals surface area contributed by atoms with Crippen LogP contribution in [-0.4, -0.2) is 82.5 Å². The number of nitrogens with zero attached hydrogens (tertiary/aromatic N) is 3. The molecule has 19 heteroatoms. The Balaban J connectivity index is 1.38. The van der Waals surface area contributed by atoms with Gasteiger partial charge in [-0.1, -0.05) is 5.92 Å². The highest BCUT2D eigenvalue weighted by molar-refractivity contribution is 7.47. The molecular formula is C20H23FN5O12P. The fourth-order valence-corrected chi connectivity index (χ4v) is 4.75. The first kappa shape index (κ1) is 28.8. The van der Waals surface area contributed by atoms with Gasteiger partial charge in [0.15, 0.2) is 11.8 Å². The predicted octanol–water partition coefficient (Wildman–Crippen LogP) is -3.08. The molecule has 2 aliphatic rings. The number of terminal acetylenes is 1. The molecule has 2 aliphatic heterocycles. The molecule has 2 aromatic heterocycles. The van der Waals surface area contributed by atoms with E-state index in [0.717, 1.165) is 10.8 Å². The lowest BCUT2D eigenvalue weighted by atomic mass is 9.93. The zero-order chi connectivity index (χ0) is 28.7. The predicted molar refractivity (Wildman–Crippen MR) is 124 cm³/mol. The normalized spacial score (nSPS) is 32.1. The Morgan fingerprint density at radius 2 is 1.97 bits per heavy atom. The van der Waals surface area contributed by atoms with Crippen LogP contribution in [0.15, 0.2) is 32.8 Å². The summed E-state index contributed by atoms with van der Waals surface area (Å²) in [4.78, 5) is 50.5. The zero-order valence-corrected chi connectivity index (χ0v) is 20.6. The molecule has 7 N–H and O–H groups in total. The number of halogens is 1. The molecule has 0 amide bonds. The minimum absolute atomic E-state index is 0.116. The zero-order valence-electron chi connectivity index (χ0n) is 19.7. The van der Waals surface area contributed by atoms with Gasteiger partial charge in [0, 0.05) is 12.6 Å². The van der Waals surface area contributed by atoms with E-state index in [1.165, 1.54) is 6.07 Å². The number of rotatable bonds is 8. The lowest BCUT2D eigenvalue weighted by molar-refractivity contribution is -0.0683. The number of aromatic amines is 1. The van der Waals surface area contributed by atoms with Crippen LogP contribution in [0.2, 0.25) is 0 Å². The molecule has 2 fully saturated rings. The Labute approximate surface area is 216 Å². The van der Waals surface area contributed by atoms with E-state index in [1.807, 2.05) is 5.92 Å². The van der Waals surface area contributed by atoms with Crippen molar-refractivity contribution in [2.45, 2.75) is 48.9 Å². The van der Waals surface area contributed by atoms with Gasteiger partial charge in [0.2, 0.25) is 5.82 Å². The molecule has 17 nitrogen and oxygen atoms in total. The molecule has 2 aromatic rings. The Morgan fingerprint density at radius 1 is 1.28 bits per heavy atom. The van der Waals surface area contributed by atoms with Crippen LogP contribution in [0.3, 0.4) is 0 Å².